The normalized spacial score (nSPS) is 21.3. The first-order valence-electron chi connectivity index (χ1n) is 11.3. The maximum Gasteiger partial charge on any atom is 0.406 e. The first kappa shape index (κ1) is 32.7. The van der Waals surface area contributed by atoms with Crippen LogP contribution >= 0.6 is 19.5 Å². The number of esters is 2. The van der Waals surface area contributed by atoms with Crippen molar-refractivity contribution in [1.29, 1.82) is 0 Å². The zero-order valence-electron chi connectivity index (χ0n) is 21.5. The second-order valence-electron chi connectivity index (χ2n) is 8.66. The predicted octanol–water partition coefficient (Wildman–Crippen LogP) is -0.0507. The van der Waals surface area contributed by atoms with Gasteiger partial charge in [-0.05, 0) is 6.92 Å². The van der Waals surface area contributed by atoms with E-state index in [1.165, 1.54) is 6.92 Å². The summed E-state index contributed by atoms with van der Waals surface area (Å²) >= 11 is 0.820. The molecule has 0 spiro atoms. The van der Waals surface area contributed by atoms with Gasteiger partial charge in [0.15, 0.2) is 11.2 Å². The Hall–Kier alpha value is -2.32. The van der Waals surface area contributed by atoms with Crippen molar-refractivity contribution in [3.05, 3.63) is 0 Å². The number of ketones is 1. The number of methoxy groups -OCH3 is 2. The topological polar surface area (TPSA) is 192 Å². The summed E-state index contributed by atoms with van der Waals surface area (Å²) in [5, 5.41) is 6.98. The third kappa shape index (κ3) is 11.3. The van der Waals surface area contributed by atoms with Crippen LogP contribution in [0.3, 0.4) is 0 Å². The van der Waals surface area contributed by atoms with Gasteiger partial charge in [0.2, 0.25) is 11.8 Å². The van der Waals surface area contributed by atoms with E-state index in [4.69, 9.17) is 9.05 Å². The Morgan fingerprint density at radius 2 is 1.70 bits per heavy atom. The minimum absolute atomic E-state index is 0.0427. The Morgan fingerprint density at radius 3 is 2.30 bits per heavy atom. The molecular weight excluding hydrogens is 533 g/mol. The molecule has 0 aromatic heterocycles. The third-order valence-electron chi connectivity index (χ3n) is 5.14. The summed E-state index contributed by atoms with van der Waals surface area (Å²) in [4.78, 5) is 71.2. The summed E-state index contributed by atoms with van der Waals surface area (Å²) in [5.41, 5.74) is -0.845. The number of thioether (sulfide) groups is 1. The summed E-state index contributed by atoms with van der Waals surface area (Å²) < 4.78 is 32.3. The average Bonchev–Trinajstić information content (AvgIpc) is 2.84. The molecule has 14 nitrogen and oxygen atoms in total. The minimum Gasteiger partial charge on any atom is -0.469 e. The van der Waals surface area contributed by atoms with Gasteiger partial charge in [-0.15, -0.1) is 0 Å². The number of nitrogens with one attached hydrogen (secondary N) is 3. The van der Waals surface area contributed by atoms with Crippen molar-refractivity contribution >= 4 is 54.2 Å². The lowest BCUT2D eigenvalue weighted by molar-refractivity contribution is -0.145. The molecule has 3 N–H and O–H groups in total. The fourth-order valence-corrected chi connectivity index (χ4v) is 5.49. The number of Topliss-reactive ketones (excluding diaryl/α,β-unsaturated/α-hetero) is 1. The van der Waals surface area contributed by atoms with Crippen LogP contribution in [0.4, 0.5) is 0 Å². The van der Waals surface area contributed by atoms with Gasteiger partial charge in [-0.3, -0.25) is 37.8 Å². The molecule has 37 heavy (non-hydrogen) atoms. The average molecular weight is 568 g/mol. The van der Waals surface area contributed by atoms with Crippen molar-refractivity contribution in [3.8, 4) is 0 Å². The second kappa shape index (κ2) is 15.2. The SMILES string of the molecule is COC(=O)CNP1(=O)OCC(C)(C)[C@H](C(=O)NCCC(=O)NCCSC(=O)C(CC(=O)OC)C(C)=O)O1. The fraction of sp³-hybridized carbons (Fsp3) is 0.714. The van der Waals surface area contributed by atoms with Gasteiger partial charge in [0, 0.05) is 30.7 Å². The number of amides is 2. The van der Waals surface area contributed by atoms with E-state index in [9.17, 15) is 33.3 Å². The van der Waals surface area contributed by atoms with Crippen LogP contribution in [-0.4, -0.2) is 87.0 Å². The van der Waals surface area contributed by atoms with Crippen LogP contribution in [0.2, 0.25) is 0 Å². The van der Waals surface area contributed by atoms with E-state index in [1.54, 1.807) is 13.8 Å². The molecule has 1 fully saturated rings. The predicted molar refractivity (Wildman–Crippen MR) is 131 cm³/mol. The maximum atomic E-state index is 12.7. The minimum atomic E-state index is -3.94. The van der Waals surface area contributed by atoms with Gasteiger partial charge in [0.1, 0.15) is 12.3 Å². The first-order valence-corrected chi connectivity index (χ1v) is 13.8. The monoisotopic (exact) mass is 567 g/mol. The molecule has 1 saturated heterocycles. The van der Waals surface area contributed by atoms with Gasteiger partial charge in [0.05, 0.1) is 33.2 Å². The number of carbonyl (C=O) groups is 6. The number of ether oxygens (including phenoxy) is 2. The molecule has 2 unspecified atom stereocenters. The first-order chi connectivity index (χ1) is 17.2. The highest BCUT2D eigenvalue weighted by molar-refractivity contribution is 8.13. The van der Waals surface area contributed by atoms with Crippen LogP contribution in [0.5, 0.6) is 0 Å². The van der Waals surface area contributed by atoms with Gasteiger partial charge in [0.25, 0.3) is 0 Å². The van der Waals surface area contributed by atoms with E-state index in [-0.39, 0.29) is 38.3 Å². The molecule has 16 heteroatoms. The quantitative estimate of drug-likeness (QED) is 0.110. The summed E-state index contributed by atoms with van der Waals surface area (Å²) in [5.74, 6) is -3.74. The van der Waals surface area contributed by atoms with Gasteiger partial charge >= 0.3 is 19.7 Å². The lowest BCUT2D eigenvalue weighted by Gasteiger charge is -2.40. The highest BCUT2D eigenvalue weighted by Gasteiger charge is 2.48. The molecule has 0 bridgehead atoms. The van der Waals surface area contributed by atoms with Crippen molar-refractivity contribution in [2.45, 2.75) is 39.7 Å². The summed E-state index contributed by atoms with van der Waals surface area (Å²) in [7, 11) is -1.62. The Balaban J connectivity index is 2.44. The summed E-state index contributed by atoms with van der Waals surface area (Å²) in [6.07, 6.45) is -1.60. The van der Waals surface area contributed by atoms with Crippen molar-refractivity contribution in [2.24, 2.45) is 11.3 Å². The van der Waals surface area contributed by atoms with Crippen LogP contribution in [0.15, 0.2) is 0 Å². The van der Waals surface area contributed by atoms with Crippen LogP contribution in [-0.2, 0) is 51.9 Å². The van der Waals surface area contributed by atoms with E-state index >= 15 is 0 Å². The van der Waals surface area contributed by atoms with Crippen molar-refractivity contribution in [2.75, 3.05) is 46.2 Å². The molecule has 1 aliphatic heterocycles. The van der Waals surface area contributed by atoms with Gasteiger partial charge in [-0.1, -0.05) is 25.6 Å². The number of carbonyl (C=O) groups excluding carboxylic acids is 6. The molecule has 3 atom stereocenters. The highest BCUT2D eigenvalue weighted by atomic mass is 32.2. The molecule has 2 amide bonds. The highest BCUT2D eigenvalue weighted by Crippen LogP contribution is 2.53. The molecule has 1 heterocycles. The largest absolute Gasteiger partial charge is 0.469 e. The lowest BCUT2D eigenvalue weighted by Crippen LogP contribution is -2.51. The second-order valence-corrected chi connectivity index (χ2v) is 11.5. The molecule has 0 radical (unpaired) electrons. The van der Waals surface area contributed by atoms with E-state index in [0.29, 0.717) is 0 Å². The Labute approximate surface area is 219 Å². The maximum absolute atomic E-state index is 12.7. The molecular formula is C21H34N3O11PS. The molecule has 0 aliphatic carbocycles. The van der Waals surface area contributed by atoms with Gasteiger partial charge < -0.3 is 20.1 Å². The summed E-state index contributed by atoms with van der Waals surface area (Å²) in [6.45, 7) is 4.12. The van der Waals surface area contributed by atoms with Crippen LogP contribution in [0.25, 0.3) is 0 Å². The zero-order chi connectivity index (χ0) is 28.2. The standard InChI is InChI=1S/C21H34N3O11PS/c1-13(25)14(10-16(27)32-4)20(30)37-9-8-22-15(26)6-7-23-19(29)18-21(2,3)12-34-36(31,35-18)24-11-17(28)33-5/h14,18H,6-12H2,1-5H3,(H,22,26)(H,23,29)(H,24,31)/t14?,18-,36?/m0/s1. The molecule has 0 aromatic carbocycles. The Morgan fingerprint density at radius 1 is 1.05 bits per heavy atom. The molecule has 1 aliphatic rings. The molecule has 0 saturated carbocycles. The number of rotatable bonds is 14. The van der Waals surface area contributed by atoms with Gasteiger partial charge in [-0.2, -0.15) is 0 Å². The van der Waals surface area contributed by atoms with E-state index in [0.717, 1.165) is 26.0 Å². The smallest absolute Gasteiger partial charge is 0.406 e. The third-order valence-corrected chi connectivity index (χ3v) is 7.62. The van der Waals surface area contributed by atoms with Crippen LogP contribution in [0.1, 0.15) is 33.6 Å². The Kier molecular flexibility index (Phi) is 13.4. The molecule has 210 valence electrons. The van der Waals surface area contributed by atoms with Gasteiger partial charge in [-0.25, -0.2) is 9.65 Å². The van der Waals surface area contributed by atoms with E-state index < -0.39 is 66.4 Å². The Bertz CT molecular complexity index is 927. The van der Waals surface area contributed by atoms with Crippen molar-refractivity contribution in [3.63, 3.8) is 0 Å². The molecule has 1 rings (SSSR count). The van der Waals surface area contributed by atoms with Crippen LogP contribution < -0.4 is 15.7 Å². The van der Waals surface area contributed by atoms with Crippen molar-refractivity contribution < 1.29 is 51.9 Å². The lowest BCUT2D eigenvalue weighted by atomic mass is 9.87. The van der Waals surface area contributed by atoms with Crippen molar-refractivity contribution in [1.82, 2.24) is 15.7 Å². The fourth-order valence-electron chi connectivity index (χ4n) is 2.92. The summed E-state index contributed by atoms with van der Waals surface area (Å²) in [6, 6.07) is 0. The molecule has 0 aromatic rings. The number of hydrogen-bond acceptors (Lipinski definition) is 12. The van der Waals surface area contributed by atoms with E-state index in [2.05, 4.69) is 25.2 Å². The van der Waals surface area contributed by atoms with Crippen LogP contribution in [0, 0.1) is 11.3 Å². The van der Waals surface area contributed by atoms with E-state index in [1.807, 2.05) is 0 Å². The number of hydrogen-bond donors (Lipinski definition) is 3. The zero-order valence-corrected chi connectivity index (χ0v) is 23.2.